The van der Waals surface area contributed by atoms with Gasteiger partial charge in [0.05, 0.1) is 20.3 Å². The van der Waals surface area contributed by atoms with E-state index in [-0.39, 0.29) is 40.7 Å². The fourth-order valence-corrected chi connectivity index (χ4v) is 9.27. The molecule has 4 aliphatic rings. The van der Waals surface area contributed by atoms with Crippen LogP contribution in [0.4, 0.5) is 40.3 Å². The van der Waals surface area contributed by atoms with Crippen LogP contribution >= 0.6 is 31.9 Å². The van der Waals surface area contributed by atoms with Crippen LogP contribution in [0.5, 0.6) is 23.0 Å². The van der Waals surface area contributed by atoms with Gasteiger partial charge in [-0.3, -0.25) is 4.79 Å². The number of ether oxygens (including phenoxy) is 2. The van der Waals surface area contributed by atoms with E-state index >= 15 is 4.79 Å². The van der Waals surface area contributed by atoms with Crippen molar-refractivity contribution in [3.63, 3.8) is 0 Å². The molecule has 13 heteroatoms. The first-order valence-corrected chi connectivity index (χ1v) is 19.0. The number of fused-ring (bicyclic) bond motifs is 2. The van der Waals surface area contributed by atoms with Crippen molar-refractivity contribution in [2.45, 2.75) is 88.4 Å². The monoisotopic (exact) mass is 842 g/mol. The molecule has 2 aliphatic heterocycles. The number of nitrogen functional groups attached to an aromatic ring is 2. The van der Waals surface area contributed by atoms with Crippen LogP contribution in [0, 0.1) is 23.3 Å². The first-order valence-electron chi connectivity index (χ1n) is 17.4. The number of halogens is 6. The van der Waals surface area contributed by atoms with E-state index in [1.807, 2.05) is 24.3 Å². The summed E-state index contributed by atoms with van der Waals surface area (Å²) < 4.78 is 71.8. The minimum Gasteiger partial charge on any atom is -0.453 e. The number of rotatable bonds is 8. The number of anilines is 4. The van der Waals surface area contributed by atoms with Crippen LogP contribution in [0.15, 0.2) is 57.5 Å². The number of ketones is 1. The number of benzene rings is 4. The number of carbonyl (C=O) groups is 1. The lowest BCUT2D eigenvalue weighted by Crippen LogP contribution is -2.60. The third-order valence-corrected chi connectivity index (χ3v) is 12.4. The number of hydrogen-bond acceptors (Lipinski definition) is 7. The van der Waals surface area contributed by atoms with Crippen LogP contribution in [-0.4, -0.2) is 28.9 Å². The second kappa shape index (κ2) is 12.6. The number of carbonyl (C=O) groups excluding carboxylic acids is 1. The van der Waals surface area contributed by atoms with Gasteiger partial charge in [-0.25, -0.2) is 17.6 Å². The summed E-state index contributed by atoms with van der Waals surface area (Å²) in [5, 5.41) is 0. The number of Topliss-reactive ketones (excluding diaryl/α,β-unsaturated/α-hetero) is 1. The lowest BCUT2D eigenvalue weighted by Gasteiger charge is -2.48. The van der Waals surface area contributed by atoms with Gasteiger partial charge in [0.2, 0.25) is 0 Å². The highest BCUT2D eigenvalue weighted by Crippen LogP contribution is 2.60. The zero-order chi connectivity index (χ0) is 36.9. The third kappa shape index (κ3) is 5.52. The molecular weight excluding hydrogens is 808 g/mol. The SMILES string of the molecule is C[C@H]1CCc2c(ccc(Br)c2Oc2cc(F)c(N)cc2F)N1C1(C(=O)C2(N3c4ccc(Br)c(Oc5cc(F)c(N)cc5F)c4CC[C@@H]3C)CC2)CC1. The molecule has 4 N–H and O–H groups in total. The van der Waals surface area contributed by atoms with Crippen LogP contribution in [0.1, 0.15) is 63.5 Å². The quantitative estimate of drug-likeness (QED) is 0.135. The molecule has 0 aromatic heterocycles. The van der Waals surface area contributed by atoms with Gasteiger partial charge in [-0.1, -0.05) is 0 Å². The summed E-state index contributed by atoms with van der Waals surface area (Å²) in [4.78, 5) is 19.7. The second-order valence-corrected chi connectivity index (χ2v) is 16.2. The van der Waals surface area contributed by atoms with Crippen LogP contribution in [0.25, 0.3) is 0 Å². The van der Waals surface area contributed by atoms with Gasteiger partial charge in [0, 0.05) is 58.9 Å². The molecule has 8 rings (SSSR count). The highest BCUT2D eigenvalue weighted by atomic mass is 79.9. The predicted octanol–water partition coefficient (Wildman–Crippen LogP) is 10.1. The van der Waals surface area contributed by atoms with Crippen molar-refractivity contribution < 1.29 is 31.8 Å². The molecule has 272 valence electrons. The highest BCUT2D eigenvalue weighted by molar-refractivity contribution is 9.11. The highest BCUT2D eigenvalue weighted by Gasteiger charge is 2.68. The van der Waals surface area contributed by atoms with Gasteiger partial charge < -0.3 is 30.7 Å². The van der Waals surface area contributed by atoms with Crippen molar-refractivity contribution in [1.82, 2.24) is 0 Å². The summed E-state index contributed by atoms with van der Waals surface area (Å²) in [6.45, 7) is 4.24. The zero-order valence-electron chi connectivity index (χ0n) is 28.5. The summed E-state index contributed by atoms with van der Waals surface area (Å²) in [6, 6.07) is 11.3. The molecule has 2 aliphatic carbocycles. The maximum Gasteiger partial charge on any atom is 0.183 e. The summed E-state index contributed by atoms with van der Waals surface area (Å²) in [7, 11) is 0. The van der Waals surface area contributed by atoms with Crippen LogP contribution in [0.3, 0.4) is 0 Å². The molecule has 2 saturated carbocycles. The van der Waals surface area contributed by atoms with Gasteiger partial charge >= 0.3 is 0 Å². The van der Waals surface area contributed by atoms with Crippen LogP contribution < -0.4 is 30.7 Å². The number of hydrogen-bond donors (Lipinski definition) is 2. The third-order valence-electron chi connectivity index (χ3n) is 11.1. The minimum absolute atomic E-state index is 0.0201. The second-order valence-electron chi connectivity index (χ2n) is 14.5. The Hall–Kier alpha value is -3.97. The molecule has 0 amide bonds. The average Bonchev–Trinajstić information content (AvgIpc) is 4.04. The first kappa shape index (κ1) is 35.1. The molecule has 0 radical (unpaired) electrons. The summed E-state index contributed by atoms with van der Waals surface area (Å²) in [5.74, 6) is -2.80. The molecule has 7 nitrogen and oxygen atoms in total. The molecular formula is C39H36Br2F4N4O3. The average molecular weight is 845 g/mol. The molecule has 52 heavy (non-hydrogen) atoms. The Bertz CT molecular complexity index is 2010. The lowest BCUT2D eigenvalue weighted by molar-refractivity contribution is -0.124. The van der Waals surface area contributed by atoms with Gasteiger partial charge in [-0.2, -0.15) is 0 Å². The maximum absolute atomic E-state index is 15.3. The van der Waals surface area contributed by atoms with E-state index in [0.29, 0.717) is 59.0 Å². The van der Waals surface area contributed by atoms with Crippen molar-refractivity contribution in [1.29, 1.82) is 0 Å². The van der Waals surface area contributed by atoms with Crippen LogP contribution in [0.2, 0.25) is 0 Å². The van der Waals surface area contributed by atoms with Gasteiger partial charge in [0.25, 0.3) is 0 Å². The van der Waals surface area contributed by atoms with Gasteiger partial charge in [0.1, 0.15) is 34.2 Å². The van der Waals surface area contributed by atoms with Crippen LogP contribution in [-0.2, 0) is 17.6 Å². The fraction of sp³-hybridized carbons (Fsp3) is 0.359. The van der Waals surface area contributed by atoms with E-state index in [0.717, 1.165) is 59.6 Å². The van der Waals surface area contributed by atoms with Crippen molar-refractivity contribution in [2.75, 3.05) is 21.3 Å². The summed E-state index contributed by atoms with van der Waals surface area (Å²) >= 11 is 7.12. The normalized spacial score (nSPS) is 20.9. The molecule has 0 bridgehead atoms. The number of nitrogens with two attached hydrogens (primary N) is 2. The minimum atomic E-state index is -0.782. The summed E-state index contributed by atoms with van der Waals surface area (Å²) in [5.41, 5.74) is 12.3. The molecule has 4 aromatic rings. The number of nitrogens with zero attached hydrogens (tertiary/aromatic N) is 2. The largest absolute Gasteiger partial charge is 0.453 e. The van der Waals surface area contributed by atoms with E-state index in [1.54, 1.807) is 0 Å². The molecule has 2 fully saturated rings. The smallest absolute Gasteiger partial charge is 0.183 e. The van der Waals surface area contributed by atoms with Crippen molar-refractivity contribution >= 4 is 60.4 Å². The van der Waals surface area contributed by atoms with Gasteiger partial charge in [-0.15, -0.1) is 0 Å². The van der Waals surface area contributed by atoms with Crippen molar-refractivity contribution in [3.05, 3.63) is 91.9 Å². The Morgan fingerprint density at radius 1 is 0.673 bits per heavy atom. The van der Waals surface area contributed by atoms with E-state index in [1.165, 1.54) is 0 Å². The maximum atomic E-state index is 15.3. The van der Waals surface area contributed by atoms with E-state index in [4.69, 9.17) is 20.9 Å². The Balaban J connectivity index is 1.15. The van der Waals surface area contributed by atoms with Gasteiger partial charge in [-0.05, 0) is 121 Å². The molecule has 0 unspecified atom stereocenters. The Morgan fingerprint density at radius 2 is 1.06 bits per heavy atom. The zero-order valence-corrected chi connectivity index (χ0v) is 31.6. The molecule has 2 atom stereocenters. The molecule has 4 aromatic carbocycles. The Morgan fingerprint density at radius 3 is 1.42 bits per heavy atom. The molecule has 0 spiro atoms. The predicted molar refractivity (Wildman–Crippen MR) is 199 cm³/mol. The Labute approximate surface area is 315 Å². The van der Waals surface area contributed by atoms with E-state index in [2.05, 4.69) is 55.5 Å². The van der Waals surface area contributed by atoms with Crippen molar-refractivity contribution in [2.24, 2.45) is 0 Å². The summed E-state index contributed by atoms with van der Waals surface area (Å²) in [6.07, 6.45) is 5.37. The van der Waals surface area contributed by atoms with Gasteiger partial charge in [0.15, 0.2) is 28.9 Å². The standard InChI is InChI=1S/C39H36Br2F4N4O3/c1-19-3-5-21-31(9-7-23(40)35(21)51-33-17-25(42)29(46)15-27(33)44)48(19)38(11-12-38)37(50)39(13-14-39)49-20(2)4-6-22-32(49)10-8-24(41)36(22)52-34-18-26(43)30(47)16-28(34)45/h7-10,15-20H,3-6,11-14,46-47H2,1-2H3/t19-,20-/m0/s1. The topological polar surface area (TPSA) is 94.0 Å². The fourth-order valence-electron chi connectivity index (χ4n) is 8.37. The van der Waals surface area contributed by atoms with E-state index < -0.39 is 34.3 Å². The molecule has 2 heterocycles. The lowest BCUT2D eigenvalue weighted by atomic mass is 9.86. The van der Waals surface area contributed by atoms with Crippen molar-refractivity contribution in [3.8, 4) is 23.0 Å². The first-order chi connectivity index (χ1) is 24.8. The van der Waals surface area contributed by atoms with E-state index in [9.17, 15) is 17.6 Å². The Kier molecular flexibility index (Phi) is 8.48. The molecule has 0 saturated heterocycles.